The SMILES string of the molecule is NC1CC(c2cccc(Cl)c2)CN(c2cccc(F)c2)C1. The van der Waals surface area contributed by atoms with Gasteiger partial charge >= 0.3 is 0 Å². The lowest BCUT2D eigenvalue weighted by Crippen LogP contribution is -2.46. The van der Waals surface area contributed by atoms with Crippen LogP contribution in [0.1, 0.15) is 17.9 Å². The van der Waals surface area contributed by atoms with Gasteiger partial charge in [-0.1, -0.05) is 29.8 Å². The Labute approximate surface area is 129 Å². The van der Waals surface area contributed by atoms with Crippen LogP contribution in [0.5, 0.6) is 0 Å². The maximum absolute atomic E-state index is 13.4. The number of benzene rings is 2. The first-order valence-electron chi connectivity index (χ1n) is 7.13. The molecule has 0 radical (unpaired) electrons. The van der Waals surface area contributed by atoms with Crippen molar-refractivity contribution in [1.82, 2.24) is 0 Å². The number of hydrogen-bond donors (Lipinski definition) is 1. The highest BCUT2D eigenvalue weighted by Crippen LogP contribution is 2.30. The lowest BCUT2D eigenvalue weighted by atomic mass is 9.88. The van der Waals surface area contributed by atoms with Crippen LogP contribution >= 0.6 is 11.6 Å². The Balaban J connectivity index is 1.85. The van der Waals surface area contributed by atoms with Crippen LogP contribution in [0.4, 0.5) is 10.1 Å². The summed E-state index contributed by atoms with van der Waals surface area (Å²) in [5, 5.41) is 0.740. The van der Waals surface area contributed by atoms with E-state index in [-0.39, 0.29) is 11.9 Å². The Kier molecular flexibility index (Phi) is 4.13. The van der Waals surface area contributed by atoms with Crippen molar-refractivity contribution in [3.05, 3.63) is 64.9 Å². The van der Waals surface area contributed by atoms with Crippen LogP contribution in [0.15, 0.2) is 48.5 Å². The van der Waals surface area contributed by atoms with Crippen molar-refractivity contribution < 1.29 is 4.39 Å². The summed E-state index contributed by atoms with van der Waals surface area (Å²) in [4.78, 5) is 2.16. The van der Waals surface area contributed by atoms with Crippen molar-refractivity contribution in [3.8, 4) is 0 Å². The molecule has 2 aromatic carbocycles. The summed E-state index contributed by atoms with van der Waals surface area (Å²) < 4.78 is 13.4. The number of rotatable bonds is 2. The van der Waals surface area contributed by atoms with E-state index in [1.54, 1.807) is 12.1 Å². The predicted octanol–water partition coefficient (Wildman–Crippen LogP) is 3.80. The molecular weight excluding hydrogens is 287 g/mol. The molecular formula is C17H18ClFN2. The smallest absolute Gasteiger partial charge is 0.125 e. The molecule has 2 N–H and O–H groups in total. The summed E-state index contributed by atoms with van der Waals surface area (Å²) in [6.07, 6.45) is 0.923. The molecule has 1 fully saturated rings. The van der Waals surface area contributed by atoms with Crippen molar-refractivity contribution in [1.29, 1.82) is 0 Å². The number of nitrogens with zero attached hydrogens (tertiary/aromatic N) is 1. The van der Waals surface area contributed by atoms with E-state index in [0.717, 1.165) is 30.2 Å². The summed E-state index contributed by atoms with van der Waals surface area (Å²) in [5.74, 6) is 0.0988. The van der Waals surface area contributed by atoms with Gasteiger partial charge in [0.25, 0.3) is 0 Å². The molecule has 0 spiro atoms. The Morgan fingerprint density at radius 1 is 1.10 bits per heavy atom. The van der Waals surface area contributed by atoms with E-state index in [0.29, 0.717) is 5.92 Å². The van der Waals surface area contributed by atoms with Gasteiger partial charge in [0, 0.05) is 35.8 Å². The fourth-order valence-corrected chi connectivity index (χ4v) is 3.22. The van der Waals surface area contributed by atoms with Crippen molar-refractivity contribution in [2.75, 3.05) is 18.0 Å². The molecule has 0 saturated carbocycles. The fraction of sp³-hybridized carbons (Fsp3) is 0.294. The molecule has 3 rings (SSSR count). The van der Waals surface area contributed by atoms with Gasteiger partial charge in [-0.25, -0.2) is 4.39 Å². The molecule has 110 valence electrons. The second-order valence-electron chi connectivity index (χ2n) is 5.63. The molecule has 1 saturated heterocycles. The third-order valence-electron chi connectivity index (χ3n) is 3.98. The van der Waals surface area contributed by atoms with Gasteiger partial charge in [0.15, 0.2) is 0 Å². The second-order valence-corrected chi connectivity index (χ2v) is 6.07. The third kappa shape index (κ3) is 3.36. The molecule has 2 nitrogen and oxygen atoms in total. The number of hydrogen-bond acceptors (Lipinski definition) is 2. The zero-order valence-electron chi connectivity index (χ0n) is 11.7. The van der Waals surface area contributed by atoms with Gasteiger partial charge < -0.3 is 10.6 Å². The van der Waals surface area contributed by atoms with Crippen molar-refractivity contribution in [2.45, 2.75) is 18.4 Å². The number of anilines is 1. The van der Waals surface area contributed by atoms with Gasteiger partial charge in [-0.2, -0.15) is 0 Å². The van der Waals surface area contributed by atoms with E-state index < -0.39 is 0 Å². The van der Waals surface area contributed by atoms with E-state index in [9.17, 15) is 4.39 Å². The van der Waals surface area contributed by atoms with Crippen LogP contribution in [0.2, 0.25) is 5.02 Å². The van der Waals surface area contributed by atoms with E-state index in [2.05, 4.69) is 11.0 Å². The molecule has 0 aliphatic carbocycles. The minimum Gasteiger partial charge on any atom is -0.369 e. The molecule has 1 heterocycles. The molecule has 4 heteroatoms. The maximum atomic E-state index is 13.4. The average molecular weight is 305 g/mol. The van der Waals surface area contributed by atoms with Crippen LogP contribution in [-0.2, 0) is 0 Å². The summed E-state index contributed by atoms with van der Waals surface area (Å²) in [7, 11) is 0. The Morgan fingerprint density at radius 2 is 1.90 bits per heavy atom. The standard InChI is InChI=1S/C17H18ClFN2/c18-14-4-1-3-12(7-14)13-8-16(20)11-21(10-13)17-6-2-5-15(19)9-17/h1-7,9,13,16H,8,10-11,20H2. The topological polar surface area (TPSA) is 29.3 Å². The molecule has 0 amide bonds. The zero-order chi connectivity index (χ0) is 14.8. The summed E-state index contributed by atoms with van der Waals surface area (Å²) in [6, 6.07) is 14.7. The number of piperidine rings is 1. The lowest BCUT2D eigenvalue weighted by molar-refractivity contribution is 0.453. The highest BCUT2D eigenvalue weighted by Gasteiger charge is 2.26. The molecule has 1 aliphatic rings. The largest absolute Gasteiger partial charge is 0.369 e. The third-order valence-corrected chi connectivity index (χ3v) is 4.21. The summed E-state index contributed by atoms with van der Waals surface area (Å²) >= 11 is 6.08. The van der Waals surface area contributed by atoms with Crippen molar-refractivity contribution in [3.63, 3.8) is 0 Å². The average Bonchev–Trinajstić information content (AvgIpc) is 2.46. The molecule has 0 bridgehead atoms. The monoisotopic (exact) mass is 304 g/mol. The first-order valence-corrected chi connectivity index (χ1v) is 7.51. The van der Waals surface area contributed by atoms with Crippen molar-refractivity contribution >= 4 is 17.3 Å². The quantitative estimate of drug-likeness (QED) is 0.914. The first kappa shape index (κ1) is 14.4. The van der Waals surface area contributed by atoms with Crippen LogP contribution in [0, 0.1) is 5.82 Å². The molecule has 2 atom stereocenters. The van der Waals surface area contributed by atoms with Gasteiger partial charge in [-0.05, 0) is 42.3 Å². The van der Waals surface area contributed by atoms with E-state index in [1.165, 1.54) is 11.6 Å². The minimum atomic E-state index is -0.217. The van der Waals surface area contributed by atoms with E-state index in [1.807, 2.05) is 24.3 Å². The predicted molar refractivity (Wildman–Crippen MR) is 85.4 cm³/mol. The lowest BCUT2D eigenvalue weighted by Gasteiger charge is -2.38. The second kappa shape index (κ2) is 6.04. The van der Waals surface area contributed by atoms with E-state index >= 15 is 0 Å². The molecule has 2 unspecified atom stereocenters. The van der Waals surface area contributed by atoms with Crippen LogP contribution in [0.25, 0.3) is 0 Å². The normalized spacial score (nSPS) is 22.3. The molecule has 21 heavy (non-hydrogen) atoms. The van der Waals surface area contributed by atoms with Crippen molar-refractivity contribution in [2.24, 2.45) is 5.73 Å². The molecule has 0 aromatic heterocycles. The minimum absolute atomic E-state index is 0.0750. The molecule has 2 aromatic rings. The number of nitrogens with two attached hydrogens (primary N) is 1. The highest BCUT2D eigenvalue weighted by atomic mass is 35.5. The van der Waals surface area contributed by atoms with Crippen LogP contribution in [0.3, 0.4) is 0 Å². The van der Waals surface area contributed by atoms with Gasteiger partial charge in [0.05, 0.1) is 0 Å². The first-order chi connectivity index (χ1) is 10.1. The highest BCUT2D eigenvalue weighted by molar-refractivity contribution is 6.30. The van der Waals surface area contributed by atoms with Crippen LogP contribution < -0.4 is 10.6 Å². The van der Waals surface area contributed by atoms with Gasteiger partial charge in [-0.15, -0.1) is 0 Å². The molecule has 1 aliphatic heterocycles. The van der Waals surface area contributed by atoms with Gasteiger partial charge in [0.2, 0.25) is 0 Å². The summed E-state index contributed by atoms with van der Waals surface area (Å²) in [6.45, 7) is 1.58. The Morgan fingerprint density at radius 3 is 2.67 bits per heavy atom. The zero-order valence-corrected chi connectivity index (χ0v) is 12.4. The fourth-order valence-electron chi connectivity index (χ4n) is 3.02. The van der Waals surface area contributed by atoms with Gasteiger partial charge in [-0.3, -0.25) is 0 Å². The van der Waals surface area contributed by atoms with Gasteiger partial charge in [0.1, 0.15) is 5.82 Å². The summed E-state index contributed by atoms with van der Waals surface area (Å²) in [5.41, 5.74) is 8.28. The Hall–Kier alpha value is -1.58. The van der Waals surface area contributed by atoms with Crippen LogP contribution in [-0.4, -0.2) is 19.1 Å². The Bertz CT molecular complexity index is 578. The number of halogens is 2. The van der Waals surface area contributed by atoms with E-state index in [4.69, 9.17) is 17.3 Å². The maximum Gasteiger partial charge on any atom is 0.125 e.